The zero-order chi connectivity index (χ0) is 16.1. The molecule has 2 N–H and O–H groups in total. The second kappa shape index (κ2) is 7.11. The van der Waals surface area contributed by atoms with E-state index in [0.717, 1.165) is 28.4 Å². The van der Waals surface area contributed by atoms with Gasteiger partial charge in [0.2, 0.25) is 5.91 Å². The summed E-state index contributed by atoms with van der Waals surface area (Å²) < 4.78 is 5.57. The van der Waals surface area contributed by atoms with E-state index >= 15 is 0 Å². The standard InChI is InChI=1S/C17H23N3O2/c1-11(2)22-15-7-5-14(6-8-15)18-17(21)10-9-16-12(3)19-20-13(16)4/h5-8,11H,9-10H2,1-4H3,(H,18,21)(H,19,20). The van der Waals surface area contributed by atoms with E-state index in [1.807, 2.05) is 52.0 Å². The van der Waals surface area contributed by atoms with Crippen molar-refractivity contribution >= 4 is 11.6 Å². The van der Waals surface area contributed by atoms with E-state index in [0.29, 0.717) is 12.8 Å². The monoisotopic (exact) mass is 301 g/mol. The van der Waals surface area contributed by atoms with Crippen molar-refractivity contribution in [3.05, 3.63) is 41.2 Å². The highest BCUT2D eigenvalue weighted by Gasteiger charge is 2.09. The molecule has 2 rings (SSSR count). The minimum absolute atomic E-state index is 0.00229. The molecule has 5 heteroatoms. The van der Waals surface area contributed by atoms with Gasteiger partial charge in [-0.15, -0.1) is 0 Å². The van der Waals surface area contributed by atoms with Crippen LogP contribution in [-0.4, -0.2) is 22.2 Å². The number of nitrogens with zero attached hydrogens (tertiary/aromatic N) is 1. The number of H-pyrrole nitrogens is 1. The molecule has 22 heavy (non-hydrogen) atoms. The van der Waals surface area contributed by atoms with Gasteiger partial charge in [0.15, 0.2) is 0 Å². The van der Waals surface area contributed by atoms with Crippen LogP contribution in [0.15, 0.2) is 24.3 Å². The number of hydrogen-bond donors (Lipinski definition) is 2. The number of anilines is 1. The number of amides is 1. The molecule has 1 aromatic heterocycles. The second-order valence-electron chi connectivity index (χ2n) is 5.65. The average molecular weight is 301 g/mol. The van der Waals surface area contributed by atoms with Gasteiger partial charge in [0.1, 0.15) is 5.75 Å². The van der Waals surface area contributed by atoms with Crippen LogP contribution in [0.25, 0.3) is 0 Å². The summed E-state index contributed by atoms with van der Waals surface area (Å²) in [6, 6.07) is 7.42. The molecule has 1 heterocycles. The number of carbonyl (C=O) groups is 1. The molecule has 0 fully saturated rings. The van der Waals surface area contributed by atoms with Crippen molar-refractivity contribution in [2.45, 2.75) is 46.6 Å². The van der Waals surface area contributed by atoms with Gasteiger partial charge >= 0.3 is 0 Å². The summed E-state index contributed by atoms with van der Waals surface area (Å²) in [6.45, 7) is 7.88. The normalized spacial score (nSPS) is 10.8. The lowest BCUT2D eigenvalue weighted by Gasteiger charge is -2.10. The van der Waals surface area contributed by atoms with Crippen LogP contribution >= 0.6 is 0 Å². The van der Waals surface area contributed by atoms with Gasteiger partial charge in [-0.2, -0.15) is 5.10 Å². The molecule has 118 valence electrons. The van der Waals surface area contributed by atoms with E-state index in [9.17, 15) is 4.79 Å². The molecular weight excluding hydrogens is 278 g/mol. The topological polar surface area (TPSA) is 67.0 Å². The zero-order valence-corrected chi connectivity index (χ0v) is 13.6. The SMILES string of the molecule is Cc1n[nH]c(C)c1CCC(=O)Nc1ccc(OC(C)C)cc1. The third kappa shape index (κ3) is 4.35. The highest BCUT2D eigenvalue weighted by molar-refractivity contribution is 5.90. The highest BCUT2D eigenvalue weighted by atomic mass is 16.5. The van der Waals surface area contributed by atoms with Crippen LogP contribution in [0.4, 0.5) is 5.69 Å². The number of nitrogens with one attached hydrogen (secondary N) is 2. The summed E-state index contributed by atoms with van der Waals surface area (Å²) in [5.74, 6) is 0.801. The van der Waals surface area contributed by atoms with Gasteiger partial charge in [-0.1, -0.05) is 0 Å². The second-order valence-corrected chi connectivity index (χ2v) is 5.65. The van der Waals surface area contributed by atoms with E-state index in [1.165, 1.54) is 0 Å². The van der Waals surface area contributed by atoms with Crippen molar-refractivity contribution in [2.75, 3.05) is 5.32 Å². The predicted molar refractivity (Wildman–Crippen MR) is 87.2 cm³/mol. The third-order valence-electron chi connectivity index (χ3n) is 3.39. The first-order chi connectivity index (χ1) is 10.5. The molecule has 0 spiro atoms. The summed E-state index contributed by atoms with van der Waals surface area (Å²) >= 11 is 0. The fourth-order valence-corrected chi connectivity index (χ4v) is 2.29. The molecule has 1 aromatic carbocycles. The maximum Gasteiger partial charge on any atom is 0.224 e. The minimum atomic E-state index is -0.00229. The fraction of sp³-hybridized carbons (Fsp3) is 0.412. The Hall–Kier alpha value is -2.30. The molecule has 0 saturated heterocycles. The van der Waals surface area contributed by atoms with E-state index in [1.54, 1.807) is 0 Å². The van der Waals surface area contributed by atoms with Crippen LogP contribution in [0.2, 0.25) is 0 Å². The van der Waals surface area contributed by atoms with Crippen molar-refractivity contribution in [3.63, 3.8) is 0 Å². The maximum atomic E-state index is 12.0. The van der Waals surface area contributed by atoms with Crippen molar-refractivity contribution in [1.29, 1.82) is 0 Å². The molecule has 0 unspecified atom stereocenters. The zero-order valence-electron chi connectivity index (χ0n) is 13.6. The molecule has 0 aliphatic rings. The molecule has 0 radical (unpaired) electrons. The van der Waals surface area contributed by atoms with Crippen molar-refractivity contribution in [1.82, 2.24) is 10.2 Å². The van der Waals surface area contributed by atoms with Crippen LogP contribution in [0.1, 0.15) is 37.2 Å². The van der Waals surface area contributed by atoms with Crippen LogP contribution < -0.4 is 10.1 Å². The Morgan fingerprint density at radius 2 is 1.95 bits per heavy atom. The summed E-state index contributed by atoms with van der Waals surface area (Å²) in [6.07, 6.45) is 1.27. The first kappa shape index (κ1) is 16.1. The van der Waals surface area contributed by atoms with Crippen LogP contribution in [0.5, 0.6) is 5.75 Å². The van der Waals surface area contributed by atoms with E-state index in [4.69, 9.17) is 4.74 Å². The van der Waals surface area contributed by atoms with Gasteiger partial charge < -0.3 is 10.1 Å². The number of benzene rings is 1. The lowest BCUT2D eigenvalue weighted by molar-refractivity contribution is -0.116. The van der Waals surface area contributed by atoms with E-state index in [2.05, 4.69) is 15.5 Å². The molecule has 2 aromatic rings. The molecule has 0 bridgehead atoms. The van der Waals surface area contributed by atoms with Crippen LogP contribution in [-0.2, 0) is 11.2 Å². The van der Waals surface area contributed by atoms with E-state index in [-0.39, 0.29) is 12.0 Å². The molecule has 0 saturated carbocycles. The molecule has 0 aliphatic heterocycles. The lowest BCUT2D eigenvalue weighted by atomic mass is 10.1. The number of aryl methyl sites for hydroxylation is 2. The van der Waals surface area contributed by atoms with Crippen molar-refractivity contribution in [3.8, 4) is 5.75 Å². The smallest absolute Gasteiger partial charge is 0.224 e. The number of aromatic amines is 1. The first-order valence-electron chi connectivity index (χ1n) is 7.52. The largest absolute Gasteiger partial charge is 0.491 e. The number of carbonyl (C=O) groups excluding carboxylic acids is 1. The van der Waals surface area contributed by atoms with Gasteiger partial charge in [-0.25, -0.2) is 0 Å². The number of aromatic nitrogens is 2. The average Bonchev–Trinajstić information content (AvgIpc) is 2.77. The van der Waals surface area contributed by atoms with Crippen LogP contribution in [0, 0.1) is 13.8 Å². The molecule has 5 nitrogen and oxygen atoms in total. The van der Waals surface area contributed by atoms with Gasteiger partial charge in [0.25, 0.3) is 0 Å². The van der Waals surface area contributed by atoms with Crippen molar-refractivity contribution in [2.24, 2.45) is 0 Å². The molecular formula is C17H23N3O2. The Balaban J connectivity index is 1.87. The lowest BCUT2D eigenvalue weighted by Crippen LogP contribution is -2.12. The number of ether oxygens (including phenoxy) is 1. The Bertz CT molecular complexity index is 610. The first-order valence-corrected chi connectivity index (χ1v) is 7.52. The maximum absolute atomic E-state index is 12.0. The van der Waals surface area contributed by atoms with Gasteiger partial charge in [0.05, 0.1) is 11.8 Å². The quantitative estimate of drug-likeness (QED) is 0.859. The summed E-state index contributed by atoms with van der Waals surface area (Å²) in [7, 11) is 0. The molecule has 0 atom stereocenters. The summed E-state index contributed by atoms with van der Waals surface area (Å²) in [5.41, 5.74) is 3.89. The molecule has 1 amide bonds. The third-order valence-corrected chi connectivity index (χ3v) is 3.39. The summed E-state index contributed by atoms with van der Waals surface area (Å²) in [4.78, 5) is 12.0. The Labute approximate surface area is 131 Å². The Morgan fingerprint density at radius 3 is 2.50 bits per heavy atom. The van der Waals surface area contributed by atoms with Gasteiger partial charge in [-0.05, 0) is 63.9 Å². The number of hydrogen-bond acceptors (Lipinski definition) is 3. The Kier molecular flexibility index (Phi) is 5.20. The highest BCUT2D eigenvalue weighted by Crippen LogP contribution is 2.17. The van der Waals surface area contributed by atoms with Gasteiger partial charge in [-0.3, -0.25) is 9.89 Å². The minimum Gasteiger partial charge on any atom is -0.491 e. The summed E-state index contributed by atoms with van der Waals surface area (Å²) in [5, 5.41) is 9.98. The number of rotatable bonds is 6. The predicted octanol–water partition coefficient (Wildman–Crippen LogP) is 3.39. The van der Waals surface area contributed by atoms with Crippen molar-refractivity contribution < 1.29 is 9.53 Å². The molecule has 0 aliphatic carbocycles. The fourth-order valence-electron chi connectivity index (χ4n) is 2.29. The van der Waals surface area contributed by atoms with Crippen LogP contribution in [0.3, 0.4) is 0 Å². The van der Waals surface area contributed by atoms with E-state index < -0.39 is 0 Å². The van der Waals surface area contributed by atoms with Gasteiger partial charge in [0, 0.05) is 17.8 Å². The Morgan fingerprint density at radius 1 is 1.27 bits per heavy atom.